The van der Waals surface area contributed by atoms with Gasteiger partial charge in [-0.15, -0.1) is 0 Å². The Kier molecular flexibility index (Phi) is 2.99. The molecular weight excluding hydrogens is 192 g/mol. The molecule has 2 N–H and O–H groups in total. The number of ether oxygens (including phenoxy) is 1. The van der Waals surface area contributed by atoms with Gasteiger partial charge in [-0.05, 0) is 12.1 Å². The van der Waals surface area contributed by atoms with Gasteiger partial charge in [0.25, 0.3) is 5.91 Å². The Morgan fingerprint density at radius 2 is 2.13 bits per heavy atom. The minimum absolute atomic E-state index is 0.0463. The Morgan fingerprint density at radius 3 is 2.80 bits per heavy atom. The molecule has 1 amide bonds. The zero-order valence-corrected chi connectivity index (χ0v) is 8.43. The second-order valence-electron chi connectivity index (χ2n) is 3.42. The fourth-order valence-electron chi connectivity index (χ4n) is 1.67. The number of hydrogen-bond donors (Lipinski definition) is 1. The quantitative estimate of drug-likeness (QED) is 0.761. The van der Waals surface area contributed by atoms with Gasteiger partial charge in [0.2, 0.25) is 0 Å². The maximum absolute atomic E-state index is 11.9. The first-order chi connectivity index (χ1) is 7.33. The van der Waals surface area contributed by atoms with Crippen molar-refractivity contribution in [2.75, 3.05) is 24.6 Å². The Balaban J connectivity index is 2.19. The summed E-state index contributed by atoms with van der Waals surface area (Å²) in [5.41, 5.74) is 6.37. The Hall–Kier alpha value is -1.39. The highest BCUT2D eigenvalue weighted by atomic mass is 16.5. The van der Waals surface area contributed by atoms with Gasteiger partial charge in [-0.2, -0.15) is 0 Å². The number of nitrogens with zero attached hydrogens (tertiary/aromatic N) is 1. The SMILES string of the molecule is NCC1OCCN(c2ccccc2)C1=O. The summed E-state index contributed by atoms with van der Waals surface area (Å²) in [6.07, 6.45) is -0.487. The van der Waals surface area contributed by atoms with Crippen molar-refractivity contribution in [1.29, 1.82) is 0 Å². The lowest BCUT2D eigenvalue weighted by molar-refractivity contribution is -0.133. The van der Waals surface area contributed by atoms with E-state index in [1.165, 1.54) is 0 Å². The molecule has 1 aromatic carbocycles. The third-order valence-corrected chi connectivity index (χ3v) is 2.46. The molecule has 2 rings (SSSR count). The van der Waals surface area contributed by atoms with E-state index in [0.29, 0.717) is 13.2 Å². The molecule has 4 nitrogen and oxygen atoms in total. The van der Waals surface area contributed by atoms with E-state index in [1.807, 2.05) is 30.3 Å². The molecule has 1 aromatic rings. The zero-order valence-electron chi connectivity index (χ0n) is 8.43. The number of hydrogen-bond acceptors (Lipinski definition) is 3. The van der Waals surface area contributed by atoms with Gasteiger partial charge in [-0.25, -0.2) is 0 Å². The Morgan fingerprint density at radius 1 is 1.40 bits per heavy atom. The smallest absolute Gasteiger partial charge is 0.257 e. The summed E-state index contributed by atoms with van der Waals surface area (Å²) in [6.45, 7) is 1.38. The highest BCUT2D eigenvalue weighted by molar-refractivity contribution is 5.97. The summed E-state index contributed by atoms with van der Waals surface area (Å²) in [7, 11) is 0. The zero-order chi connectivity index (χ0) is 10.7. The van der Waals surface area contributed by atoms with Crippen LogP contribution in [0.1, 0.15) is 0 Å². The van der Waals surface area contributed by atoms with Crippen LogP contribution in [0, 0.1) is 0 Å². The standard InChI is InChI=1S/C11H14N2O2/c12-8-10-11(14)13(6-7-15-10)9-4-2-1-3-5-9/h1-5,10H,6-8,12H2. The molecule has 1 aliphatic rings. The van der Waals surface area contributed by atoms with Crippen LogP contribution in [0.4, 0.5) is 5.69 Å². The number of carbonyl (C=O) groups excluding carboxylic acids is 1. The highest BCUT2D eigenvalue weighted by Crippen LogP contribution is 2.17. The molecule has 1 aliphatic heterocycles. The molecule has 1 atom stereocenters. The van der Waals surface area contributed by atoms with Crippen molar-refractivity contribution in [3.8, 4) is 0 Å². The molecule has 0 bridgehead atoms. The van der Waals surface area contributed by atoms with Crippen molar-refractivity contribution in [2.45, 2.75) is 6.10 Å². The van der Waals surface area contributed by atoms with Crippen LogP contribution >= 0.6 is 0 Å². The predicted octanol–water partition coefficient (Wildman–Crippen LogP) is 0.377. The van der Waals surface area contributed by atoms with E-state index in [2.05, 4.69) is 0 Å². The number of carbonyl (C=O) groups is 1. The predicted molar refractivity (Wildman–Crippen MR) is 57.6 cm³/mol. The molecule has 80 valence electrons. The normalized spacial score (nSPS) is 21.8. The number of para-hydroxylation sites is 1. The van der Waals surface area contributed by atoms with Crippen molar-refractivity contribution in [3.05, 3.63) is 30.3 Å². The average Bonchev–Trinajstić information content (AvgIpc) is 2.30. The molecule has 0 spiro atoms. The first-order valence-electron chi connectivity index (χ1n) is 5.01. The van der Waals surface area contributed by atoms with Crippen molar-refractivity contribution < 1.29 is 9.53 Å². The summed E-state index contributed by atoms with van der Waals surface area (Å²) in [5.74, 6) is -0.0463. The molecule has 0 radical (unpaired) electrons. The largest absolute Gasteiger partial charge is 0.365 e. The molecule has 0 aromatic heterocycles. The van der Waals surface area contributed by atoms with E-state index in [9.17, 15) is 4.79 Å². The third kappa shape index (κ3) is 2.00. The van der Waals surface area contributed by atoms with Gasteiger partial charge >= 0.3 is 0 Å². The van der Waals surface area contributed by atoms with Crippen LogP contribution in [-0.4, -0.2) is 31.7 Å². The fourth-order valence-corrected chi connectivity index (χ4v) is 1.67. The van der Waals surface area contributed by atoms with Crippen LogP contribution < -0.4 is 10.6 Å². The van der Waals surface area contributed by atoms with E-state index in [0.717, 1.165) is 5.69 Å². The van der Waals surface area contributed by atoms with Crippen molar-refractivity contribution >= 4 is 11.6 Å². The summed E-state index contributed by atoms with van der Waals surface area (Å²) < 4.78 is 5.27. The van der Waals surface area contributed by atoms with Crippen LogP contribution in [0.2, 0.25) is 0 Å². The Labute approximate surface area is 88.6 Å². The van der Waals surface area contributed by atoms with Gasteiger partial charge in [0, 0.05) is 18.8 Å². The molecule has 0 saturated carbocycles. The summed E-state index contributed by atoms with van der Waals surface area (Å²) in [4.78, 5) is 13.6. The van der Waals surface area contributed by atoms with E-state index in [-0.39, 0.29) is 12.5 Å². The number of nitrogens with two attached hydrogens (primary N) is 1. The molecule has 1 fully saturated rings. The van der Waals surface area contributed by atoms with Crippen LogP contribution in [0.25, 0.3) is 0 Å². The fraction of sp³-hybridized carbons (Fsp3) is 0.364. The molecule has 4 heteroatoms. The van der Waals surface area contributed by atoms with E-state index >= 15 is 0 Å². The lowest BCUT2D eigenvalue weighted by Gasteiger charge is -2.31. The number of morpholine rings is 1. The van der Waals surface area contributed by atoms with Gasteiger partial charge < -0.3 is 15.4 Å². The van der Waals surface area contributed by atoms with Gasteiger partial charge in [0.05, 0.1) is 6.61 Å². The van der Waals surface area contributed by atoms with Crippen LogP contribution in [0.3, 0.4) is 0 Å². The lowest BCUT2D eigenvalue weighted by atomic mass is 10.2. The first-order valence-corrected chi connectivity index (χ1v) is 5.01. The molecule has 1 heterocycles. The maximum atomic E-state index is 11.9. The minimum Gasteiger partial charge on any atom is -0.365 e. The second-order valence-corrected chi connectivity index (χ2v) is 3.42. The summed E-state index contributed by atoms with van der Waals surface area (Å²) in [5, 5.41) is 0. The average molecular weight is 206 g/mol. The monoisotopic (exact) mass is 206 g/mol. The number of anilines is 1. The number of benzene rings is 1. The molecule has 1 unspecified atom stereocenters. The summed E-state index contributed by atoms with van der Waals surface area (Å²) in [6, 6.07) is 9.58. The molecule has 1 saturated heterocycles. The Bertz CT molecular complexity index is 340. The summed E-state index contributed by atoms with van der Waals surface area (Å²) >= 11 is 0. The van der Waals surface area contributed by atoms with Crippen molar-refractivity contribution in [3.63, 3.8) is 0 Å². The van der Waals surface area contributed by atoms with Gasteiger partial charge in [0.15, 0.2) is 0 Å². The van der Waals surface area contributed by atoms with Crippen LogP contribution in [0.5, 0.6) is 0 Å². The molecular formula is C11H14N2O2. The van der Waals surface area contributed by atoms with Crippen molar-refractivity contribution in [1.82, 2.24) is 0 Å². The maximum Gasteiger partial charge on any atom is 0.257 e. The van der Waals surface area contributed by atoms with E-state index in [1.54, 1.807) is 4.90 Å². The number of rotatable bonds is 2. The van der Waals surface area contributed by atoms with Crippen LogP contribution in [0.15, 0.2) is 30.3 Å². The van der Waals surface area contributed by atoms with Gasteiger partial charge in [-0.1, -0.05) is 18.2 Å². The van der Waals surface area contributed by atoms with Gasteiger partial charge in [-0.3, -0.25) is 4.79 Å². The highest BCUT2D eigenvalue weighted by Gasteiger charge is 2.29. The third-order valence-electron chi connectivity index (χ3n) is 2.46. The second kappa shape index (κ2) is 4.42. The molecule has 15 heavy (non-hydrogen) atoms. The lowest BCUT2D eigenvalue weighted by Crippen LogP contribution is -2.50. The van der Waals surface area contributed by atoms with Crippen LogP contribution in [-0.2, 0) is 9.53 Å². The van der Waals surface area contributed by atoms with Gasteiger partial charge in [0.1, 0.15) is 6.10 Å². The van der Waals surface area contributed by atoms with E-state index in [4.69, 9.17) is 10.5 Å². The first kappa shape index (κ1) is 10.1. The minimum atomic E-state index is -0.487. The molecule has 0 aliphatic carbocycles. The number of amides is 1. The van der Waals surface area contributed by atoms with Crippen molar-refractivity contribution in [2.24, 2.45) is 5.73 Å². The van der Waals surface area contributed by atoms with E-state index < -0.39 is 6.10 Å². The topological polar surface area (TPSA) is 55.6 Å².